The molecule has 4 heteroatoms. The summed E-state index contributed by atoms with van der Waals surface area (Å²) in [5.41, 5.74) is 9.22. The minimum atomic E-state index is 0.702. The van der Waals surface area contributed by atoms with Crippen molar-refractivity contribution < 1.29 is 4.74 Å². The summed E-state index contributed by atoms with van der Waals surface area (Å²) in [6.07, 6.45) is 4.00. The molecule has 0 unspecified atom stereocenters. The molecule has 0 fully saturated rings. The lowest BCUT2D eigenvalue weighted by molar-refractivity contribution is 0.303. The summed E-state index contributed by atoms with van der Waals surface area (Å²) in [6, 6.07) is 16.6. The van der Waals surface area contributed by atoms with Gasteiger partial charge in [-0.2, -0.15) is 0 Å². The number of hydrogen-bond acceptors (Lipinski definition) is 3. The lowest BCUT2D eigenvalue weighted by atomic mass is 10.2. The summed E-state index contributed by atoms with van der Waals surface area (Å²) >= 11 is 0. The molecular formula is C21H27N3O. The Labute approximate surface area is 149 Å². The molecule has 1 heterocycles. The number of aryl methyl sites for hydroxylation is 3. The zero-order valence-electron chi connectivity index (χ0n) is 14.9. The van der Waals surface area contributed by atoms with Crippen LogP contribution in [0.15, 0.2) is 48.5 Å². The van der Waals surface area contributed by atoms with Gasteiger partial charge in [0.2, 0.25) is 0 Å². The van der Waals surface area contributed by atoms with Gasteiger partial charge < -0.3 is 15.0 Å². The molecular weight excluding hydrogens is 310 g/mol. The molecule has 0 bridgehead atoms. The van der Waals surface area contributed by atoms with Crippen LogP contribution in [0.3, 0.4) is 0 Å². The number of benzene rings is 2. The molecule has 1 aromatic heterocycles. The highest BCUT2D eigenvalue weighted by Crippen LogP contribution is 2.18. The maximum atomic E-state index is 5.82. The fourth-order valence-corrected chi connectivity index (χ4v) is 3.02. The van der Waals surface area contributed by atoms with Gasteiger partial charge in [-0.3, -0.25) is 0 Å². The number of nitrogens with two attached hydrogens (primary N) is 1. The lowest BCUT2D eigenvalue weighted by Crippen LogP contribution is -2.08. The van der Waals surface area contributed by atoms with Gasteiger partial charge in [-0.15, -0.1) is 0 Å². The van der Waals surface area contributed by atoms with Crippen LogP contribution in [0.2, 0.25) is 0 Å². The van der Waals surface area contributed by atoms with Crippen LogP contribution in [0.4, 0.5) is 0 Å². The quantitative estimate of drug-likeness (QED) is 0.598. The van der Waals surface area contributed by atoms with Gasteiger partial charge in [-0.1, -0.05) is 29.8 Å². The Bertz CT molecular complexity index is 793. The topological polar surface area (TPSA) is 53.1 Å². The first-order valence-corrected chi connectivity index (χ1v) is 9.11. The van der Waals surface area contributed by atoms with Gasteiger partial charge in [0.15, 0.2) is 0 Å². The molecule has 0 spiro atoms. The smallest absolute Gasteiger partial charge is 0.119 e. The van der Waals surface area contributed by atoms with Gasteiger partial charge in [0, 0.05) is 13.0 Å². The highest BCUT2D eigenvalue weighted by molar-refractivity contribution is 5.75. The van der Waals surface area contributed by atoms with Crippen molar-refractivity contribution in [3.8, 4) is 5.75 Å². The number of ether oxygens (including phenoxy) is 1. The van der Waals surface area contributed by atoms with E-state index in [1.54, 1.807) is 0 Å². The number of rotatable bonds is 9. The number of fused-ring (bicyclic) bond motifs is 1. The van der Waals surface area contributed by atoms with Crippen LogP contribution in [0.5, 0.6) is 5.75 Å². The zero-order chi connectivity index (χ0) is 17.5. The van der Waals surface area contributed by atoms with E-state index in [1.807, 2.05) is 18.2 Å². The van der Waals surface area contributed by atoms with Crippen molar-refractivity contribution in [2.24, 2.45) is 5.73 Å². The molecule has 2 N–H and O–H groups in total. The van der Waals surface area contributed by atoms with E-state index in [0.29, 0.717) is 6.54 Å². The molecule has 0 saturated heterocycles. The van der Waals surface area contributed by atoms with Crippen LogP contribution in [-0.2, 0) is 13.0 Å². The fraction of sp³-hybridized carbons (Fsp3) is 0.381. The van der Waals surface area contributed by atoms with Crippen molar-refractivity contribution in [1.29, 1.82) is 0 Å². The van der Waals surface area contributed by atoms with Crippen molar-refractivity contribution in [3.63, 3.8) is 0 Å². The third-order valence-electron chi connectivity index (χ3n) is 4.40. The van der Waals surface area contributed by atoms with Crippen LogP contribution < -0.4 is 10.5 Å². The van der Waals surface area contributed by atoms with Gasteiger partial charge in [0.25, 0.3) is 0 Å². The highest BCUT2D eigenvalue weighted by Gasteiger charge is 2.09. The average Bonchev–Trinajstić information content (AvgIpc) is 2.99. The molecule has 0 atom stereocenters. The van der Waals surface area contributed by atoms with E-state index in [4.69, 9.17) is 15.5 Å². The number of aromatic nitrogens is 2. The molecule has 25 heavy (non-hydrogen) atoms. The maximum Gasteiger partial charge on any atom is 0.119 e. The Balaban J connectivity index is 1.55. The Morgan fingerprint density at radius 1 is 1.00 bits per heavy atom. The van der Waals surface area contributed by atoms with Crippen LogP contribution in [0.25, 0.3) is 11.0 Å². The van der Waals surface area contributed by atoms with Crippen LogP contribution in [0, 0.1) is 6.92 Å². The first kappa shape index (κ1) is 17.5. The largest absolute Gasteiger partial charge is 0.494 e. The van der Waals surface area contributed by atoms with E-state index in [0.717, 1.165) is 55.9 Å². The summed E-state index contributed by atoms with van der Waals surface area (Å²) in [7, 11) is 0. The third-order valence-corrected chi connectivity index (χ3v) is 4.40. The minimum absolute atomic E-state index is 0.702. The van der Waals surface area contributed by atoms with Gasteiger partial charge in [0.1, 0.15) is 11.6 Å². The number of nitrogens with zero attached hydrogens (tertiary/aromatic N) is 2. The van der Waals surface area contributed by atoms with Crippen molar-refractivity contribution >= 4 is 11.0 Å². The fourth-order valence-electron chi connectivity index (χ4n) is 3.02. The highest BCUT2D eigenvalue weighted by atomic mass is 16.5. The van der Waals surface area contributed by atoms with Gasteiger partial charge >= 0.3 is 0 Å². The second-order valence-corrected chi connectivity index (χ2v) is 6.43. The van der Waals surface area contributed by atoms with E-state index in [9.17, 15) is 0 Å². The summed E-state index contributed by atoms with van der Waals surface area (Å²) in [4.78, 5) is 4.78. The molecule has 0 amide bonds. The summed E-state index contributed by atoms with van der Waals surface area (Å²) in [5.74, 6) is 2.09. The van der Waals surface area contributed by atoms with E-state index in [2.05, 4.69) is 41.8 Å². The predicted molar refractivity (Wildman–Crippen MR) is 103 cm³/mol. The Hall–Kier alpha value is -2.33. The predicted octanol–water partition coefficient (Wildman–Crippen LogP) is 4.10. The number of imidazole rings is 1. The SMILES string of the molecule is Cc1ccc(OCCCCn2c(CCCN)nc3ccccc32)cc1. The minimum Gasteiger partial charge on any atom is -0.494 e. The average molecular weight is 337 g/mol. The molecule has 0 radical (unpaired) electrons. The lowest BCUT2D eigenvalue weighted by Gasteiger charge is -2.10. The standard InChI is InChI=1S/C21H27N3O/c1-17-10-12-18(13-11-17)25-16-5-4-15-24-20-8-3-2-7-19(20)23-21(24)9-6-14-22/h2-3,7-8,10-13H,4-6,9,14-16,22H2,1H3. The molecule has 0 aliphatic heterocycles. The van der Waals surface area contributed by atoms with E-state index in [-0.39, 0.29) is 0 Å². The zero-order valence-corrected chi connectivity index (χ0v) is 14.9. The Kier molecular flexibility index (Phi) is 6.07. The van der Waals surface area contributed by atoms with Crippen molar-refractivity contribution in [3.05, 3.63) is 59.9 Å². The molecule has 0 aliphatic rings. The van der Waals surface area contributed by atoms with Crippen molar-refractivity contribution in [2.75, 3.05) is 13.2 Å². The number of hydrogen-bond donors (Lipinski definition) is 1. The van der Waals surface area contributed by atoms with E-state index >= 15 is 0 Å². The molecule has 4 nitrogen and oxygen atoms in total. The van der Waals surface area contributed by atoms with Crippen molar-refractivity contribution in [1.82, 2.24) is 9.55 Å². The van der Waals surface area contributed by atoms with Crippen LogP contribution in [-0.4, -0.2) is 22.7 Å². The summed E-state index contributed by atoms with van der Waals surface area (Å²) in [5, 5.41) is 0. The van der Waals surface area contributed by atoms with Gasteiger partial charge in [0.05, 0.1) is 17.6 Å². The Morgan fingerprint density at radius 2 is 1.80 bits per heavy atom. The summed E-state index contributed by atoms with van der Waals surface area (Å²) < 4.78 is 8.17. The number of para-hydroxylation sites is 2. The van der Waals surface area contributed by atoms with E-state index in [1.165, 1.54) is 11.1 Å². The molecule has 0 aliphatic carbocycles. The summed E-state index contributed by atoms with van der Waals surface area (Å²) in [6.45, 7) is 4.50. The van der Waals surface area contributed by atoms with Crippen molar-refractivity contribution in [2.45, 2.75) is 39.2 Å². The van der Waals surface area contributed by atoms with Crippen LogP contribution >= 0.6 is 0 Å². The third kappa shape index (κ3) is 4.60. The second-order valence-electron chi connectivity index (χ2n) is 6.43. The first-order valence-electron chi connectivity index (χ1n) is 9.11. The van der Waals surface area contributed by atoms with Gasteiger partial charge in [-0.25, -0.2) is 4.98 Å². The molecule has 3 aromatic rings. The molecule has 2 aromatic carbocycles. The Morgan fingerprint density at radius 3 is 2.60 bits per heavy atom. The van der Waals surface area contributed by atoms with Crippen LogP contribution in [0.1, 0.15) is 30.7 Å². The maximum absolute atomic E-state index is 5.82. The normalized spacial score (nSPS) is 11.1. The monoisotopic (exact) mass is 337 g/mol. The molecule has 132 valence electrons. The molecule has 3 rings (SSSR count). The van der Waals surface area contributed by atoms with E-state index < -0.39 is 0 Å². The molecule has 0 saturated carbocycles. The first-order chi connectivity index (χ1) is 12.3. The second kappa shape index (κ2) is 8.67. The van der Waals surface area contributed by atoms with Gasteiger partial charge in [-0.05, 0) is 57.0 Å². The number of unbranched alkanes of at least 4 members (excludes halogenated alkanes) is 1.